The molecule has 40 heavy (non-hydrogen) atoms. The molecule has 0 bridgehead atoms. The van der Waals surface area contributed by atoms with Gasteiger partial charge in [0.05, 0.1) is 39.5 Å². The minimum Gasteiger partial charge on any atom is -0.487 e. The van der Waals surface area contributed by atoms with Crippen molar-refractivity contribution in [3.05, 3.63) is 98.7 Å². The number of carbonyl (C=O) groups is 1. The predicted octanol–water partition coefficient (Wildman–Crippen LogP) is 7.57. The number of morpholine rings is 1. The van der Waals surface area contributed by atoms with Gasteiger partial charge >= 0.3 is 6.18 Å². The second-order valence-electron chi connectivity index (χ2n) is 8.91. The fourth-order valence-electron chi connectivity index (χ4n) is 4.25. The van der Waals surface area contributed by atoms with Crippen LogP contribution in [0.3, 0.4) is 0 Å². The number of hydrogen-bond donors (Lipinski definition) is 0. The number of para-hydroxylation sites is 1. The molecule has 4 aromatic rings. The van der Waals surface area contributed by atoms with Gasteiger partial charge in [0.15, 0.2) is 5.69 Å². The molecule has 0 N–H and O–H groups in total. The third-order valence-corrected chi connectivity index (χ3v) is 7.22. The zero-order valence-electron chi connectivity index (χ0n) is 20.7. The molecular formula is C28H21Cl3F3N3O3. The molecule has 1 aromatic heterocycles. The highest BCUT2D eigenvalue weighted by Gasteiger charge is 2.35. The lowest BCUT2D eigenvalue weighted by atomic mass is 10.0. The fourth-order valence-corrected chi connectivity index (χ4v) is 5.07. The number of nitrogens with zero attached hydrogens (tertiary/aromatic N) is 3. The number of benzene rings is 3. The van der Waals surface area contributed by atoms with Crippen LogP contribution in [0.4, 0.5) is 13.2 Å². The van der Waals surface area contributed by atoms with Crippen LogP contribution in [0.2, 0.25) is 15.1 Å². The highest BCUT2D eigenvalue weighted by molar-refractivity contribution is 6.37. The first-order valence-electron chi connectivity index (χ1n) is 12.1. The Hall–Kier alpha value is -3.24. The van der Waals surface area contributed by atoms with Gasteiger partial charge in [-0.25, -0.2) is 4.68 Å². The molecule has 5 rings (SSSR count). The molecule has 1 saturated heterocycles. The summed E-state index contributed by atoms with van der Waals surface area (Å²) in [6, 6.07) is 17.7. The number of ether oxygens (including phenoxy) is 2. The zero-order valence-corrected chi connectivity index (χ0v) is 23.0. The summed E-state index contributed by atoms with van der Waals surface area (Å²) in [5.74, 6) is 0.273. The van der Waals surface area contributed by atoms with Crippen molar-refractivity contribution in [3.8, 4) is 22.6 Å². The van der Waals surface area contributed by atoms with Gasteiger partial charge in [-0.05, 0) is 53.6 Å². The second kappa shape index (κ2) is 11.7. The first kappa shape index (κ1) is 28.3. The monoisotopic (exact) mass is 609 g/mol. The Labute approximate surface area is 242 Å². The predicted molar refractivity (Wildman–Crippen MR) is 147 cm³/mol. The lowest BCUT2D eigenvalue weighted by molar-refractivity contribution is -0.141. The van der Waals surface area contributed by atoms with Gasteiger partial charge in [0.2, 0.25) is 0 Å². The number of amides is 1. The van der Waals surface area contributed by atoms with Crippen molar-refractivity contribution in [2.45, 2.75) is 12.8 Å². The van der Waals surface area contributed by atoms with Crippen molar-refractivity contribution < 1.29 is 27.4 Å². The molecule has 12 heteroatoms. The summed E-state index contributed by atoms with van der Waals surface area (Å²) >= 11 is 18.9. The van der Waals surface area contributed by atoms with E-state index in [1.54, 1.807) is 53.4 Å². The number of aromatic nitrogens is 2. The Kier molecular flexibility index (Phi) is 8.28. The van der Waals surface area contributed by atoms with Crippen LogP contribution >= 0.6 is 34.8 Å². The average molecular weight is 611 g/mol. The Morgan fingerprint density at radius 3 is 2.17 bits per heavy atom. The molecule has 1 aliphatic rings. The van der Waals surface area contributed by atoms with E-state index in [0.29, 0.717) is 42.6 Å². The van der Waals surface area contributed by atoms with Crippen LogP contribution in [0, 0.1) is 0 Å². The molecule has 0 saturated carbocycles. The summed E-state index contributed by atoms with van der Waals surface area (Å²) in [7, 11) is 0. The first-order valence-corrected chi connectivity index (χ1v) is 13.3. The third-order valence-electron chi connectivity index (χ3n) is 6.30. The van der Waals surface area contributed by atoms with Crippen molar-refractivity contribution in [3.63, 3.8) is 0 Å². The van der Waals surface area contributed by atoms with Crippen molar-refractivity contribution in [2.75, 3.05) is 26.3 Å². The molecule has 2 heterocycles. The minimum absolute atomic E-state index is 0.110. The van der Waals surface area contributed by atoms with Crippen LogP contribution in [0.25, 0.3) is 16.8 Å². The molecule has 0 spiro atoms. The van der Waals surface area contributed by atoms with E-state index in [0.717, 1.165) is 21.9 Å². The van der Waals surface area contributed by atoms with Crippen LogP contribution in [0.1, 0.15) is 21.7 Å². The Bertz CT molecular complexity index is 1520. The lowest BCUT2D eigenvalue weighted by Crippen LogP contribution is -2.40. The van der Waals surface area contributed by atoms with E-state index in [4.69, 9.17) is 44.3 Å². The highest BCUT2D eigenvalue weighted by atomic mass is 35.5. The van der Waals surface area contributed by atoms with E-state index in [1.165, 1.54) is 12.1 Å². The van der Waals surface area contributed by atoms with E-state index in [-0.39, 0.29) is 33.9 Å². The van der Waals surface area contributed by atoms with Gasteiger partial charge in [0, 0.05) is 13.1 Å². The van der Waals surface area contributed by atoms with Crippen LogP contribution in [-0.2, 0) is 17.5 Å². The summed E-state index contributed by atoms with van der Waals surface area (Å²) < 4.78 is 52.5. The van der Waals surface area contributed by atoms with E-state index in [1.807, 2.05) is 0 Å². The molecule has 0 radical (unpaired) electrons. The van der Waals surface area contributed by atoms with Gasteiger partial charge in [-0.3, -0.25) is 4.79 Å². The summed E-state index contributed by atoms with van der Waals surface area (Å²) in [4.78, 5) is 14.5. The second-order valence-corrected chi connectivity index (χ2v) is 10.1. The third kappa shape index (κ3) is 6.07. The summed E-state index contributed by atoms with van der Waals surface area (Å²) in [6.07, 6.45) is -4.67. The maximum absolute atomic E-state index is 13.4. The molecular weight excluding hydrogens is 590 g/mol. The zero-order chi connectivity index (χ0) is 28.4. The van der Waals surface area contributed by atoms with Gasteiger partial charge in [-0.2, -0.15) is 18.3 Å². The molecule has 0 aliphatic carbocycles. The molecule has 1 aliphatic heterocycles. The maximum atomic E-state index is 13.4. The smallest absolute Gasteiger partial charge is 0.435 e. The van der Waals surface area contributed by atoms with Crippen LogP contribution in [-0.4, -0.2) is 46.9 Å². The van der Waals surface area contributed by atoms with Gasteiger partial charge in [-0.1, -0.05) is 59.1 Å². The average Bonchev–Trinajstić information content (AvgIpc) is 3.37. The topological polar surface area (TPSA) is 56.6 Å². The van der Waals surface area contributed by atoms with Gasteiger partial charge < -0.3 is 14.4 Å². The normalized spacial score (nSPS) is 13.9. The Morgan fingerprint density at radius 2 is 1.55 bits per heavy atom. The van der Waals surface area contributed by atoms with Crippen LogP contribution in [0.5, 0.6) is 5.75 Å². The molecule has 0 atom stereocenters. The lowest BCUT2D eigenvalue weighted by Gasteiger charge is -2.27. The molecule has 1 amide bonds. The first-order chi connectivity index (χ1) is 19.1. The number of halogens is 6. The Morgan fingerprint density at radius 1 is 0.900 bits per heavy atom. The van der Waals surface area contributed by atoms with Crippen molar-refractivity contribution in [1.82, 2.24) is 14.7 Å². The van der Waals surface area contributed by atoms with E-state index in [2.05, 4.69) is 5.10 Å². The number of hydrogen-bond acceptors (Lipinski definition) is 4. The largest absolute Gasteiger partial charge is 0.487 e. The van der Waals surface area contributed by atoms with Crippen LogP contribution < -0.4 is 4.74 Å². The quantitative estimate of drug-likeness (QED) is 0.226. The van der Waals surface area contributed by atoms with E-state index in [9.17, 15) is 18.0 Å². The SMILES string of the molecule is O=C(c1ccc(-c2ccc(OCc3cc(C(F)(F)F)nn3-c3c(Cl)cccc3Cl)cc2)cc1Cl)N1CCOCC1. The van der Waals surface area contributed by atoms with Crippen LogP contribution in [0.15, 0.2) is 66.7 Å². The molecule has 1 fully saturated rings. The molecule has 0 unspecified atom stereocenters. The van der Waals surface area contributed by atoms with Crippen molar-refractivity contribution in [2.24, 2.45) is 0 Å². The summed E-state index contributed by atoms with van der Waals surface area (Å²) in [5.41, 5.74) is 1.16. The van der Waals surface area contributed by atoms with E-state index < -0.39 is 11.9 Å². The number of carbonyl (C=O) groups excluding carboxylic acids is 1. The Balaban J connectivity index is 1.33. The number of rotatable bonds is 6. The summed E-state index contributed by atoms with van der Waals surface area (Å²) in [6.45, 7) is 1.79. The fraction of sp³-hybridized carbons (Fsp3) is 0.214. The van der Waals surface area contributed by atoms with Gasteiger partial charge in [-0.15, -0.1) is 0 Å². The molecule has 208 valence electrons. The standard InChI is InChI=1S/C28H21Cl3F3N3O3/c29-22-2-1-3-23(30)26(22)37-19(15-25(35-37)28(32,33)34)16-40-20-7-4-17(5-8-20)18-6-9-21(24(31)14-18)27(38)36-10-12-39-13-11-36/h1-9,14-15H,10-13,16H2. The van der Waals surface area contributed by atoms with E-state index >= 15 is 0 Å². The van der Waals surface area contributed by atoms with Crippen molar-refractivity contribution in [1.29, 1.82) is 0 Å². The summed E-state index contributed by atoms with van der Waals surface area (Å²) in [5, 5.41) is 4.32. The molecule has 3 aromatic carbocycles. The van der Waals surface area contributed by atoms with Gasteiger partial charge in [0.25, 0.3) is 5.91 Å². The molecule has 6 nitrogen and oxygen atoms in total. The minimum atomic E-state index is -4.67. The maximum Gasteiger partial charge on any atom is 0.435 e. The van der Waals surface area contributed by atoms with Crippen molar-refractivity contribution >= 4 is 40.7 Å². The highest BCUT2D eigenvalue weighted by Crippen LogP contribution is 2.34. The number of alkyl halides is 3. The van der Waals surface area contributed by atoms with Gasteiger partial charge in [0.1, 0.15) is 18.0 Å².